The molecule has 48 valence electrons. The lowest BCUT2D eigenvalue weighted by Gasteiger charge is -2.05. The molecule has 0 aliphatic carbocycles. The van der Waals surface area contributed by atoms with Crippen molar-refractivity contribution in [1.29, 1.82) is 0 Å². The maximum atomic E-state index is 5.03. The average Bonchev–Trinajstić information content (AvgIpc) is 2.41. The fourth-order valence-corrected chi connectivity index (χ4v) is 0.637. The minimum absolute atomic E-state index is 0.595. The van der Waals surface area contributed by atoms with E-state index < -0.39 is 0 Å². The first-order valence-electron chi connectivity index (χ1n) is 3.05. The Morgan fingerprint density at radius 2 is 2.25 bits per heavy atom. The highest BCUT2D eigenvalue weighted by Gasteiger charge is 2.21. The van der Waals surface area contributed by atoms with Gasteiger partial charge in [-0.3, -0.25) is 0 Å². The maximum Gasteiger partial charge on any atom is 0.0822 e. The molecule has 0 aromatic carbocycles. The van der Waals surface area contributed by atoms with Crippen LogP contribution in [0.3, 0.4) is 0 Å². The summed E-state index contributed by atoms with van der Waals surface area (Å²) in [6, 6.07) is 0. The van der Waals surface area contributed by atoms with Crippen molar-refractivity contribution < 1.29 is 4.74 Å². The normalized spacial score (nSPS) is 26.6. The van der Waals surface area contributed by atoms with E-state index in [0.717, 1.165) is 13.2 Å². The number of hydrogen-bond acceptors (Lipinski definition) is 2. The number of epoxide rings is 1. The lowest BCUT2D eigenvalue weighted by Crippen LogP contribution is -2.14. The third-order valence-electron chi connectivity index (χ3n) is 1.30. The van der Waals surface area contributed by atoms with Gasteiger partial charge in [0.05, 0.1) is 12.7 Å². The average molecular weight is 115 g/mol. The highest BCUT2D eigenvalue weighted by Crippen LogP contribution is 2.12. The molecular weight excluding hydrogens is 102 g/mol. The van der Waals surface area contributed by atoms with Crippen molar-refractivity contribution in [1.82, 2.24) is 4.90 Å². The quantitative estimate of drug-likeness (QED) is 0.493. The highest BCUT2D eigenvalue weighted by atomic mass is 16.6. The van der Waals surface area contributed by atoms with Crippen LogP contribution in [0.15, 0.2) is 0 Å². The fourth-order valence-electron chi connectivity index (χ4n) is 0.637. The number of ether oxygens (including phenoxy) is 1. The van der Waals surface area contributed by atoms with Crippen molar-refractivity contribution in [2.75, 3.05) is 27.2 Å². The third-order valence-corrected chi connectivity index (χ3v) is 1.30. The number of hydrogen-bond donors (Lipinski definition) is 0. The molecule has 1 aliphatic heterocycles. The van der Waals surface area contributed by atoms with Crippen LogP contribution < -0.4 is 0 Å². The van der Waals surface area contributed by atoms with E-state index in [1.54, 1.807) is 0 Å². The van der Waals surface area contributed by atoms with Crippen LogP contribution >= 0.6 is 0 Å². The molecule has 0 radical (unpaired) electrons. The van der Waals surface area contributed by atoms with E-state index in [0.29, 0.717) is 6.10 Å². The predicted octanol–water partition coefficient (Wildman–Crippen LogP) is 0.337. The van der Waals surface area contributed by atoms with Gasteiger partial charge in [-0.15, -0.1) is 0 Å². The summed E-state index contributed by atoms with van der Waals surface area (Å²) in [5, 5.41) is 0. The Morgan fingerprint density at radius 3 is 2.62 bits per heavy atom. The molecule has 1 aliphatic rings. The molecule has 2 nitrogen and oxygen atoms in total. The molecule has 0 unspecified atom stereocenters. The first kappa shape index (κ1) is 6.05. The van der Waals surface area contributed by atoms with Gasteiger partial charge in [0.15, 0.2) is 0 Å². The molecule has 0 bridgehead atoms. The first-order valence-corrected chi connectivity index (χ1v) is 3.05. The molecular formula is C6H13NO. The van der Waals surface area contributed by atoms with Crippen molar-refractivity contribution in [3.05, 3.63) is 0 Å². The van der Waals surface area contributed by atoms with Crippen molar-refractivity contribution in [2.45, 2.75) is 12.5 Å². The van der Waals surface area contributed by atoms with Crippen molar-refractivity contribution in [2.24, 2.45) is 0 Å². The van der Waals surface area contributed by atoms with Crippen LogP contribution in [0, 0.1) is 0 Å². The summed E-state index contributed by atoms with van der Waals surface area (Å²) in [6.45, 7) is 2.15. The van der Waals surface area contributed by atoms with E-state index in [9.17, 15) is 0 Å². The Balaban J connectivity index is 1.87. The highest BCUT2D eigenvalue weighted by molar-refractivity contribution is 4.69. The molecule has 1 saturated heterocycles. The van der Waals surface area contributed by atoms with E-state index in [4.69, 9.17) is 4.74 Å². The van der Waals surface area contributed by atoms with Gasteiger partial charge in [-0.25, -0.2) is 0 Å². The van der Waals surface area contributed by atoms with Crippen LogP contribution in [0.2, 0.25) is 0 Å². The molecule has 2 heteroatoms. The van der Waals surface area contributed by atoms with E-state index in [1.807, 2.05) is 0 Å². The smallest absolute Gasteiger partial charge is 0.0822 e. The van der Waals surface area contributed by atoms with E-state index >= 15 is 0 Å². The van der Waals surface area contributed by atoms with E-state index in [-0.39, 0.29) is 0 Å². The predicted molar refractivity (Wildman–Crippen MR) is 32.9 cm³/mol. The molecule has 0 spiro atoms. The lowest BCUT2D eigenvalue weighted by atomic mass is 10.3. The molecule has 0 amide bonds. The summed E-state index contributed by atoms with van der Waals surface area (Å²) in [7, 11) is 4.17. The summed E-state index contributed by atoms with van der Waals surface area (Å²) < 4.78 is 5.03. The van der Waals surface area contributed by atoms with Crippen LogP contribution in [-0.4, -0.2) is 38.3 Å². The minimum Gasteiger partial charge on any atom is -0.373 e. The van der Waals surface area contributed by atoms with Gasteiger partial charge >= 0.3 is 0 Å². The van der Waals surface area contributed by atoms with Crippen LogP contribution in [-0.2, 0) is 4.74 Å². The van der Waals surface area contributed by atoms with Gasteiger partial charge in [0.25, 0.3) is 0 Å². The van der Waals surface area contributed by atoms with Crippen molar-refractivity contribution in [3.63, 3.8) is 0 Å². The minimum atomic E-state index is 0.595. The lowest BCUT2D eigenvalue weighted by molar-refractivity contribution is 0.342. The Bertz CT molecular complexity index is 66.9. The van der Waals surface area contributed by atoms with Gasteiger partial charge in [0, 0.05) is 6.54 Å². The molecule has 8 heavy (non-hydrogen) atoms. The zero-order valence-electron chi connectivity index (χ0n) is 5.55. The van der Waals surface area contributed by atoms with Gasteiger partial charge in [0.1, 0.15) is 0 Å². The Morgan fingerprint density at radius 1 is 1.62 bits per heavy atom. The zero-order valence-corrected chi connectivity index (χ0v) is 5.55. The topological polar surface area (TPSA) is 15.8 Å². The van der Waals surface area contributed by atoms with Crippen LogP contribution in [0.1, 0.15) is 6.42 Å². The molecule has 0 saturated carbocycles. The molecule has 1 rings (SSSR count). The van der Waals surface area contributed by atoms with Gasteiger partial charge in [0.2, 0.25) is 0 Å². The van der Waals surface area contributed by atoms with Crippen molar-refractivity contribution >= 4 is 0 Å². The van der Waals surface area contributed by atoms with E-state index in [2.05, 4.69) is 19.0 Å². The second-order valence-corrected chi connectivity index (χ2v) is 2.55. The largest absolute Gasteiger partial charge is 0.373 e. The van der Waals surface area contributed by atoms with Crippen LogP contribution in [0.4, 0.5) is 0 Å². The summed E-state index contributed by atoms with van der Waals surface area (Å²) in [6.07, 6.45) is 1.80. The zero-order chi connectivity index (χ0) is 5.98. The third kappa shape index (κ3) is 2.28. The first-order chi connectivity index (χ1) is 3.79. The van der Waals surface area contributed by atoms with Gasteiger partial charge in [-0.05, 0) is 20.5 Å². The van der Waals surface area contributed by atoms with Crippen LogP contribution in [0.25, 0.3) is 0 Å². The van der Waals surface area contributed by atoms with Gasteiger partial charge < -0.3 is 9.64 Å². The Kier molecular flexibility index (Phi) is 1.86. The molecule has 0 aromatic rings. The molecule has 1 atom stereocenters. The summed E-state index contributed by atoms with van der Waals surface area (Å²) in [5.41, 5.74) is 0. The van der Waals surface area contributed by atoms with Crippen molar-refractivity contribution in [3.8, 4) is 0 Å². The Labute approximate surface area is 50.4 Å². The van der Waals surface area contributed by atoms with Gasteiger partial charge in [-0.1, -0.05) is 0 Å². The molecule has 0 aromatic heterocycles. The van der Waals surface area contributed by atoms with E-state index in [1.165, 1.54) is 6.42 Å². The summed E-state index contributed by atoms with van der Waals surface area (Å²) >= 11 is 0. The molecule has 0 N–H and O–H groups in total. The standard InChI is InChI=1S/C6H13NO/c1-7(2)4-3-6-5-8-6/h6H,3-5H2,1-2H3/t6-/m0/s1. The fraction of sp³-hybridized carbons (Fsp3) is 1.00. The van der Waals surface area contributed by atoms with Crippen LogP contribution in [0.5, 0.6) is 0 Å². The molecule has 1 fully saturated rings. The summed E-state index contributed by atoms with van der Waals surface area (Å²) in [5.74, 6) is 0. The summed E-state index contributed by atoms with van der Waals surface area (Å²) in [4.78, 5) is 2.18. The number of rotatable bonds is 3. The number of nitrogens with zero attached hydrogens (tertiary/aromatic N) is 1. The second-order valence-electron chi connectivity index (χ2n) is 2.55. The molecule has 1 heterocycles. The second kappa shape index (κ2) is 2.46. The maximum absolute atomic E-state index is 5.03. The SMILES string of the molecule is CN(C)CC[C@H]1CO1. The Hall–Kier alpha value is -0.0800. The monoisotopic (exact) mass is 115 g/mol. The van der Waals surface area contributed by atoms with Gasteiger partial charge in [-0.2, -0.15) is 0 Å².